The molecule has 0 fully saturated rings. The van der Waals surface area contributed by atoms with Crippen LogP contribution in [0.15, 0.2) is 69.4 Å². The fourth-order valence-corrected chi connectivity index (χ4v) is 3.66. The molecule has 28 heavy (non-hydrogen) atoms. The number of aromatic nitrogens is 1. The van der Waals surface area contributed by atoms with Gasteiger partial charge in [0.25, 0.3) is 5.56 Å². The molecule has 0 saturated carbocycles. The van der Waals surface area contributed by atoms with Gasteiger partial charge < -0.3 is 19.5 Å². The summed E-state index contributed by atoms with van der Waals surface area (Å²) in [5.74, 6) is 0.322. The lowest BCUT2D eigenvalue weighted by Gasteiger charge is -2.27. The molecule has 0 radical (unpaired) electrons. The zero-order valence-electron chi connectivity index (χ0n) is 15.0. The van der Waals surface area contributed by atoms with E-state index in [2.05, 4.69) is 6.07 Å². The van der Waals surface area contributed by atoms with Crippen molar-refractivity contribution in [3.8, 4) is 11.8 Å². The second-order valence-corrected chi connectivity index (χ2v) is 6.95. The lowest BCUT2D eigenvalue weighted by molar-refractivity contribution is 0.387. The summed E-state index contributed by atoms with van der Waals surface area (Å²) in [5.41, 5.74) is 7.65. The molecule has 0 spiro atoms. The number of nitriles is 1. The maximum absolute atomic E-state index is 13.4. The van der Waals surface area contributed by atoms with Crippen LogP contribution in [0, 0.1) is 18.3 Å². The number of furan rings is 1. The zero-order valence-corrected chi connectivity index (χ0v) is 15.7. The Kier molecular flexibility index (Phi) is 4.46. The number of rotatable bonds is 3. The van der Waals surface area contributed by atoms with Crippen LogP contribution in [0.2, 0.25) is 5.02 Å². The summed E-state index contributed by atoms with van der Waals surface area (Å²) < 4.78 is 12.6. The molecule has 1 aromatic carbocycles. The van der Waals surface area contributed by atoms with Crippen LogP contribution in [0.25, 0.3) is 0 Å². The van der Waals surface area contributed by atoms with E-state index in [9.17, 15) is 10.1 Å². The third-order valence-electron chi connectivity index (χ3n) is 4.77. The molecule has 1 atom stereocenters. The number of nitrogens with zero attached hydrogens (tertiary/aromatic N) is 2. The summed E-state index contributed by atoms with van der Waals surface area (Å²) in [5, 5.41) is 10.2. The molecule has 7 heteroatoms. The number of halogens is 1. The highest BCUT2D eigenvalue weighted by Crippen LogP contribution is 2.41. The van der Waals surface area contributed by atoms with Crippen molar-refractivity contribution in [2.24, 2.45) is 5.73 Å². The Bertz CT molecular complexity index is 1190. The smallest absolute Gasteiger partial charge is 0.259 e. The molecule has 2 N–H and O–H groups in total. The fraction of sp³-hybridized carbons (Fsp3) is 0.143. The van der Waals surface area contributed by atoms with Crippen molar-refractivity contribution in [2.75, 3.05) is 0 Å². The summed E-state index contributed by atoms with van der Waals surface area (Å²) in [4.78, 5) is 13.4. The third kappa shape index (κ3) is 2.96. The Morgan fingerprint density at radius 3 is 2.79 bits per heavy atom. The standard InChI is InChI=1S/C21H16ClN3O3/c1-12-8-17-19(21(26)25(12)11-15-6-3-7-27-15)18(16(10-23)20(24)28-17)13-4-2-5-14(22)9-13/h2-9,18H,11,24H2,1H3/t18-/m1/s1. The maximum Gasteiger partial charge on any atom is 0.259 e. The minimum Gasteiger partial charge on any atom is -0.467 e. The van der Waals surface area contributed by atoms with Gasteiger partial charge >= 0.3 is 0 Å². The minimum absolute atomic E-state index is 0.0115. The first-order chi connectivity index (χ1) is 13.5. The molecule has 0 saturated heterocycles. The van der Waals surface area contributed by atoms with Crippen molar-refractivity contribution < 1.29 is 9.15 Å². The Balaban J connectivity index is 1.96. The molecule has 1 aliphatic rings. The topological polar surface area (TPSA) is 94.2 Å². The van der Waals surface area contributed by atoms with Crippen LogP contribution in [0.5, 0.6) is 5.75 Å². The number of pyridine rings is 1. The van der Waals surface area contributed by atoms with Crippen LogP contribution >= 0.6 is 11.6 Å². The first kappa shape index (κ1) is 18.0. The van der Waals surface area contributed by atoms with Crippen LogP contribution in [0.3, 0.4) is 0 Å². The number of ether oxygens (including phenoxy) is 1. The van der Waals surface area contributed by atoms with Gasteiger partial charge in [0, 0.05) is 16.8 Å². The van der Waals surface area contributed by atoms with Crippen molar-refractivity contribution in [1.82, 2.24) is 4.57 Å². The first-order valence-electron chi connectivity index (χ1n) is 8.59. The van der Waals surface area contributed by atoms with Gasteiger partial charge in [0.05, 0.1) is 24.3 Å². The molecule has 2 aromatic heterocycles. The lowest BCUT2D eigenvalue weighted by atomic mass is 9.84. The molecule has 0 unspecified atom stereocenters. The van der Waals surface area contributed by atoms with E-state index in [4.69, 9.17) is 26.5 Å². The van der Waals surface area contributed by atoms with Crippen LogP contribution in [-0.4, -0.2) is 4.57 Å². The van der Waals surface area contributed by atoms with Crippen LogP contribution < -0.4 is 16.0 Å². The molecule has 4 rings (SSSR count). The Hall–Kier alpha value is -3.43. The number of allylic oxidation sites excluding steroid dienone is 1. The maximum atomic E-state index is 13.4. The van der Waals surface area contributed by atoms with Crippen molar-refractivity contribution in [3.63, 3.8) is 0 Å². The van der Waals surface area contributed by atoms with E-state index < -0.39 is 5.92 Å². The minimum atomic E-state index is -0.664. The number of fused-ring (bicyclic) bond motifs is 1. The van der Waals surface area contributed by atoms with Crippen molar-refractivity contribution in [3.05, 3.63) is 98.1 Å². The number of aryl methyl sites for hydroxylation is 1. The van der Waals surface area contributed by atoms with E-state index in [0.29, 0.717) is 33.4 Å². The number of hydrogen-bond acceptors (Lipinski definition) is 5. The van der Waals surface area contributed by atoms with E-state index in [1.54, 1.807) is 47.2 Å². The van der Waals surface area contributed by atoms with Crippen molar-refractivity contribution >= 4 is 11.6 Å². The molecule has 3 heterocycles. The average molecular weight is 394 g/mol. The van der Waals surface area contributed by atoms with Gasteiger partial charge in [-0.15, -0.1) is 0 Å². The SMILES string of the molecule is Cc1cc2c(c(=O)n1Cc1ccco1)[C@H](c1cccc(Cl)c1)C(C#N)=C(N)O2. The van der Waals surface area contributed by atoms with Gasteiger partial charge in [-0.3, -0.25) is 4.79 Å². The molecule has 140 valence electrons. The highest BCUT2D eigenvalue weighted by molar-refractivity contribution is 6.30. The van der Waals surface area contributed by atoms with Gasteiger partial charge in [0.2, 0.25) is 5.88 Å². The number of hydrogen-bond donors (Lipinski definition) is 1. The first-order valence-corrected chi connectivity index (χ1v) is 8.97. The van der Waals surface area contributed by atoms with Gasteiger partial charge in [-0.25, -0.2) is 0 Å². The molecule has 0 aliphatic carbocycles. The van der Waals surface area contributed by atoms with Gasteiger partial charge in [-0.05, 0) is 36.8 Å². The second-order valence-electron chi connectivity index (χ2n) is 6.51. The summed E-state index contributed by atoms with van der Waals surface area (Å²) in [6.07, 6.45) is 1.56. The highest BCUT2D eigenvalue weighted by atomic mass is 35.5. The third-order valence-corrected chi connectivity index (χ3v) is 5.00. The number of nitrogens with two attached hydrogens (primary N) is 1. The van der Waals surface area contributed by atoms with E-state index in [1.165, 1.54) is 0 Å². The van der Waals surface area contributed by atoms with Crippen LogP contribution in [-0.2, 0) is 6.54 Å². The average Bonchev–Trinajstić information content (AvgIpc) is 3.17. The second kappa shape index (κ2) is 6.95. The normalized spacial score (nSPS) is 15.7. The van der Waals surface area contributed by atoms with Gasteiger partial charge in [-0.1, -0.05) is 23.7 Å². The zero-order chi connectivity index (χ0) is 19.8. The van der Waals surface area contributed by atoms with E-state index in [1.807, 2.05) is 13.0 Å². The molecule has 1 aliphatic heterocycles. The van der Waals surface area contributed by atoms with Crippen LogP contribution in [0.1, 0.15) is 28.5 Å². The lowest BCUT2D eigenvalue weighted by Crippen LogP contribution is -2.33. The summed E-state index contributed by atoms with van der Waals surface area (Å²) in [6, 6.07) is 14.4. The molecule has 0 amide bonds. The van der Waals surface area contributed by atoms with Crippen LogP contribution in [0.4, 0.5) is 0 Å². The Labute approximate surface area is 166 Å². The quantitative estimate of drug-likeness (QED) is 0.732. The monoisotopic (exact) mass is 393 g/mol. The molecular formula is C21H16ClN3O3. The van der Waals surface area contributed by atoms with E-state index in [-0.39, 0.29) is 23.6 Å². The van der Waals surface area contributed by atoms with Gasteiger partial charge in [0.15, 0.2) is 0 Å². The summed E-state index contributed by atoms with van der Waals surface area (Å²) in [6.45, 7) is 2.08. The van der Waals surface area contributed by atoms with E-state index >= 15 is 0 Å². The van der Waals surface area contributed by atoms with Gasteiger partial charge in [0.1, 0.15) is 23.2 Å². The molecule has 6 nitrogen and oxygen atoms in total. The Morgan fingerprint density at radius 1 is 1.29 bits per heavy atom. The van der Waals surface area contributed by atoms with Crippen molar-refractivity contribution in [2.45, 2.75) is 19.4 Å². The predicted octanol–water partition coefficient (Wildman–Crippen LogP) is 3.67. The number of benzene rings is 1. The van der Waals surface area contributed by atoms with Crippen molar-refractivity contribution in [1.29, 1.82) is 5.26 Å². The van der Waals surface area contributed by atoms with Gasteiger partial charge in [-0.2, -0.15) is 5.26 Å². The summed E-state index contributed by atoms with van der Waals surface area (Å²) >= 11 is 6.15. The Morgan fingerprint density at radius 2 is 2.11 bits per heavy atom. The molecule has 3 aromatic rings. The largest absolute Gasteiger partial charge is 0.467 e. The van der Waals surface area contributed by atoms with E-state index in [0.717, 1.165) is 0 Å². The fourth-order valence-electron chi connectivity index (χ4n) is 3.46. The molecular weight excluding hydrogens is 378 g/mol. The highest BCUT2D eigenvalue weighted by Gasteiger charge is 2.34. The summed E-state index contributed by atoms with van der Waals surface area (Å²) in [7, 11) is 0. The molecule has 0 bridgehead atoms. The predicted molar refractivity (Wildman–Crippen MR) is 104 cm³/mol.